The largest absolute Gasteiger partial charge is 0.481 e. The summed E-state index contributed by atoms with van der Waals surface area (Å²) in [6.07, 6.45) is 1.76. The van der Waals surface area contributed by atoms with E-state index in [1.54, 1.807) is 0 Å². The Morgan fingerprint density at radius 1 is 1.06 bits per heavy atom. The Balaban J connectivity index is 1.63. The predicted molar refractivity (Wildman–Crippen MR) is 118 cm³/mol. The van der Waals surface area contributed by atoms with Gasteiger partial charge in [0.15, 0.2) is 6.10 Å². The number of non-ortho nitro benzene ring substituents is 1. The van der Waals surface area contributed by atoms with Crippen LogP contribution in [0.4, 0.5) is 17.2 Å². The maximum atomic E-state index is 12.6. The summed E-state index contributed by atoms with van der Waals surface area (Å²) in [5.74, 6) is -0.247. The first-order valence-corrected chi connectivity index (χ1v) is 10.9. The Hall–Kier alpha value is -4.26. The van der Waals surface area contributed by atoms with Gasteiger partial charge in [-0.05, 0) is 43.3 Å². The summed E-state index contributed by atoms with van der Waals surface area (Å²) < 4.78 is 38.0. The van der Waals surface area contributed by atoms with Crippen LogP contribution < -0.4 is 19.5 Å². The maximum absolute atomic E-state index is 12.6. The first kappa shape index (κ1) is 23.4. The molecule has 0 fully saturated rings. The van der Waals surface area contributed by atoms with Crippen molar-refractivity contribution in [1.82, 2.24) is 9.97 Å². The summed E-state index contributed by atoms with van der Waals surface area (Å²) in [6.45, 7) is 1.51. The number of amides is 1. The van der Waals surface area contributed by atoms with Crippen LogP contribution in [0.25, 0.3) is 0 Å². The van der Waals surface area contributed by atoms with Gasteiger partial charge in [-0.3, -0.25) is 19.6 Å². The molecule has 13 heteroatoms. The number of nitro benzene ring substituents is 1. The van der Waals surface area contributed by atoms with Gasteiger partial charge in [-0.2, -0.15) is 0 Å². The van der Waals surface area contributed by atoms with E-state index in [0.29, 0.717) is 5.69 Å². The van der Waals surface area contributed by atoms with E-state index in [1.165, 1.54) is 75.0 Å². The molecule has 0 saturated heterocycles. The molecule has 0 aliphatic rings. The van der Waals surface area contributed by atoms with Gasteiger partial charge < -0.3 is 14.8 Å². The van der Waals surface area contributed by atoms with Gasteiger partial charge in [0.1, 0.15) is 5.75 Å². The second-order valence-corrected chi connectivity index (χ2v) is 8.23. The Morgan fingerprint density at radius 2 is 1.70 bits per heavy atom. The molecule has 3 rings (SSSR count). The van der Waals surface area contributed by atoms with Gasteiger partial charge in [0.25, 0.3) is 27.5 Å². The zero-order chi connectivity index (χ0) is 24.0. The third-order valence-corrected chi connectivity index (χ3v) is 5.61. The lowest BCUT2D eigenvalue weighted by molar-refractivity contribution is -0.384. The summed E-state index contributed by atoms with van der Waals surface area (Å²) in [5.41, 5.74) is 0.247. The lowest BCUT2D eigenvalue weighted by Gasteiger charge is -2.15. The number of hydrogen-bond donors (Lipinski definition) is 2. The molecule has 33 heavy (non-hydrogen) atoms. The minimum atomic E-state index is -3.98. The SMILES string of the molecule is COc1nccnc1NS(=O)(=O)c1ccc(NC(=O)C(C)Oc2ccc([N+](=O)[O-])cc2)cc1. The monoisotopic (exact) mass is 473 g/mol. The van der Waals surface area contributed by atoms with E-state index in [0.717, 1.165) is 0 Å². The molecule has 3 aromatic rings. The molecule has 0 bridgehead atoms. The van der Waals surface area contributed by atoms with Gasteiger partial charge in [-0.15, -0.1) is 0 Å². The summed E-state index contributed by atoms with van der Waals surface area (Å²) in [4.78, 5) is 30.3. The third kappa shape index (κ3) is 5.92. The Bertz CT molecular complexity index is 1250. The number of methoxy groups -OCH3 is 1. The molecule has 1 atom stereocenters. The van der Waals surface area contributed by atoms with Gasteiger partial charge in [-0.25, -0.2) is 18.4 Å². The lowest BCUT2D eigenvalue weighted by atomic mass is 10.3. The highest BCUT2D eigenvalue weighted by molar-refractivity contribution is 7.92. The van der Waals surface area contributed by atoms with Crippen molar-refractivity contribution in [3.05, 3.63) is 71.0 Å². The smallest absolute Gasteiger partial charge is 0.269 e. The molecule has 0 radical (unpaired) electrons. The summed E-state index contributed by atoms with van der Waals surface area (Å²) in [6, 6.07) is 10.8. The van der Waals surface area contributed by atoms with Crippen molar-refractivity contribution in [1.29, 1.82) is 0 Å². The van der Waals surface area contributed by atoms with Crippen LogP contribution in [0.5, 0.6) is 11.6 Å². The minimum absolute atomic E-state index is 0.0203. The second kappa shape index (κ2) is 9.91. The number of carbonyl (C=O) groups excluding carboxylic acids is 1. The molecule has 2 N–H and O–H groups in total. The van der Waals surface area contributed by atoms with Crippen LogP contribution in [0.3, 0.4) is 0 Å². The average Bonchev–Trinajstić information content (AvgIpc) is 2.80. The van der Waals surface area contributed by atoms with Gasteiger partial charge in [-0.1, -0.05) is 0 Å². The lowest BCUT2D eigenvalue weighted by Crippen LogP contribution is -2.30. The van der Waals surface area contributed by atoms with Gasteiger partial charge in [0.05, 0.1) is 16.9 Å². The van der Waals surface area contributed by atoms with E-state index < -0.39 is 27.0 Å². The van der Waals surface area contributed by atoms with Crippen LogP contribution in [0.2, 0.25) is 0 Å². The predicted octanol–water partition coefficient (Wildman–Crippen LogP) is 2.60. The van der Waals surface area contributed by atoms with Crippen molar-refractivity contribution >= 4 is 33.1 Å². The van der Waals surface area contributed by atoms with Crippen LogP contribution in [-0.4, -0.2) is 42.4 Å². The van der Waals surface area contributed by atoms with Gasteiger partial charge >= 0.3 is 0 Å². The van der Waals surface area contributed by atoms with Crippen molar-refractivity contribution in [2.45, 2.75) is 17.9 Å². The van der Waals surface area contributed by atoms with Crippen LogP contribution in [-0.2, 0) is 14.8 Å². The molecule has 12 nitrogen and oxygen atoms in total. The standard InChI is InChI=1S/C20H19N5O7S/c1-13(32-16-7-5-15(6-8-16)25(27)28)19(26)23-14-3-9-17(10-4-14)33(29,30)24-18-20(31-2)22-12-11-21-18/h3-13H,1-2H3,(H,21,24)(H,23,26). The van der Waals surface area contributed by atoms with Crippen molar-refractivity contribution in [2.24, 2.45) is 0 Å². The highest BCUT2D eigenvalue weighted by atomic mass is 32.2. The summed E-state index contributed by atoms with van der Waals surface area (Å²) >= 11 is 0. The molecule has 0 aliphatic carbocycles. The van der Waals surface area contributed by atoms with Crippen molar-refractivity contribution in [3.8, 4) is 11.6 Å². The fraction of sp³-hybridized carbons (Fsp3) is 0.150. The molecule has 172 valence electrons. The number of aromatic nitrogens is 2. The van der Waals surface area contributed by atoms with Crippen LogP contribution in [0.15, 0.2) is 65.8 Å². The fourth-order valence-electron chi connectivity index (χ4n) is 2.60. The van der Waals surface area contributed by atoms with Crippen LogP contribution in [0, 0.1) is 10.1 Å². The number of nitrogens with one attached hydrogen (secondary N) is 2. The second-order valence-electron chi connectivity index (χ2n) is 6.54. The van der Waals surface area contributed by atoms with Gasteiger partial charge in [0.2, 0.25) is 5.82 Å². The molecule has 1 heterocycles. The Kier molecular flexibility index (Phi) is 7.03. The molecular weight excluding hydrogens is 454 g/mol. The van der Waals surface area contributed by atoms with E-state index in [2.05, 4.69) is 20.0 Å². The number of anilines is 2. The zero-order valence-corrected chi connectivity index (χ0v) is 18.3. The number of rotatable bonds is 9. The average molecular weight is 473 g/mol. The maximum Gasteiger partial charge on any atom is 0.269 e. The quantitative estimate of drug-likeness (QED) is 0.351. The third-order valence-electron chi connectivity index (χ3n) is 4.25. The number of nitro groups is 1. The topological polar surface area (TPSA) is 163 Å². The zero-order valence-electron chi connectivity index (χ0n) is 17.5. The highest BCUT2D eigenvalue weighted by Gasteiger charge is 2.19. The molecule has 1 aromatic heterocycles. The first-order valence-electron chi connectivity index (χ1n) is 9.39. The molecular formula is C20H19N5O7S. The van der Waals surface area contributed by atoms with E-state index in [1.807, 2.05) is 0 Å². The van der Waals surface area contributed by atoms with E-state index >= 15 is 0 Å². The van der Waals surface area contributed by atoms with Crippen LogP contribution >= 0.6 is 0 Å². The summed E-state index contributed by atoms with van der Waals surface area (Å²) in [5, 5.41) is 13.3. The normalized spacial score (nSPS) is 11.8. The molecule has 0 saturated carbocycles. The molecule has 1 unspecified atom stereocenters. The molecule has 1 amide bonds. The Labute approximate surface area is 188 Å². The van der Waals surface area contributed by atoms with E-state index in [9.17, 15) is 23.3 Å². The van der Waals surface area contributed by atoms with E-state index in [4.69, 9.17) is 9.47 Å². The molecule has 2 aromatic carbocycles. The minimum Gasteiger partial charge on any atom is -0.481 e. The number of ether oxygens (including phenoxy) is 2. The van der Waals surface area contributed by atoms with Crippen molar-refractivity contribution in [3.63, 3.8) is 0 Å². The van der Waals surface area contributed by atoms with Gasteiger partial charge in [0, 0.05) is 30.2 Å². The number of carbonyl (C=O) groups is 1. The number of sulfonamides is 1. The number of benzene rings is 2. The number of hydrogen-bond acceptors (Lipinski definition) is 9. The van der Waals surface area contributed by atoms with Crippen molar-refractivity contribution in [2.75, 3.05) is 17.1 Å². The summed E-state index contributed by atoms with van der Waals surface area (Å²) in [7, 11) is -2.64. The van der Waals surface area contributed by atoms with E-state index in [-0.39, 0.29) is 28.0 Å². The number of nitrogens with zero attached hydrogens (tertiary/aromatic N) is 3. The molecule has 0 aliphatic heterocycles. The van der Waals surface area contributed by atoms with Crippen LogP contribution in [0.1, 0.15) is 6.92 Å². The fourth-order valence-corrected chi connectivity index (χ4v) is 3.60. The molecule has 0 spiro atoms. The Morgan fingerprint density at radius 3 is 2.30 bits per heavy atom. The first-order chi connectivity index (χ1) is 15.7. The van der Waals surface area contributed by atoms with Crippen molar-refractivity contribution < 1.29 is 27.6 Å². The highest BCUT2D eigenvalue weighted by Crippen LogP contribution is 2.23.